The van der Waals surface area contributed by atoms with Gasteiger partial charge in [0.25, 0.3) is 5.56 Å². The third kappa shape index (κ3) is 2.38. The number of aromatic nitrogens is 3. The van der Waals surface area contributed by atoms with E-state index in [1.54, 1.807) is 18.2 Å². The predicted molar refractivity (Wildman–Crippen MR) is 76.1 cm³/mol. The van der Waals surface area contributed by atoms with Gasteiger partial charge in [-0.1, -0.05) is 6.07 Å². The first-order chi connectivity index (χ1) is 10.1. The van der Waals surface area contributed by atoms with Gasteiger partial charge in [-0.2, -0.15) is 5.10 Å². The predicted octanol–water partition coefficient (Wildman–Crippen LogP) is 1.30. The fourth-order valence-electron chi connectivity index (χ4n) is 2.42. The molecule has 0 aliphatic heterocycles. The monoisotopic (exact) mass is 287 g/mol. The zero-order valence-corrected chi connectivity index (χ0v) is 11.0. The summed E-state index contributed by atoms with van der Waals surface area (Å²) in [6.07, 6.45) is 0.659. The molecule has 1 unspecified atom stereocenters. The fraction of sp³-hybridized carbons (Fsp3) is 0.214. The summed E-state index contributed by atoms with van der Waals surface area (Å²) in [4.78, 5) is 25.5. The minimum atomic E-state index is -0.954. The summed E-state index contributed by atoms with van der Waals surface area (Å²) < 4.78 is 0. The normalized spacial score (nSPS) is 12.8. The first-order valence-corrected chi connectivity index (χ1v) is 6.45. The first-order valence-electron chi connectivity index (χ1n) is 6.45. The van der Waals surface area contributed by atoms with Gasteiger partial charge in [-0.3, -0.25) is 9.59 Å². The van der Waals surface area contributed by atoms with Crippen LogP contribution in [0.4, 0.5) is 0 Å². The number of carbonyl (C=O) groups is 1. The molecular formula is C14H13N3O4. The van der Waals surface area contributed by atoms with Crippen molar-refractivity contribution >= 4 is 27.8 Å². The van der Waals surface area contributed by atoms with Crippen LogP contribution in [0.1, 0.15) is 24.5 Å². The molecule has 21 heavy (non-hydrogen) atoms. The molecule has 7 heteroatoms. The lowest BCUT2D eigenvalue weighted by molar-refractivity contribution is -0.137. The molecule has 2 aromatic heterocycles. The highest BCUT2D eigenvalue weighted by molar-refractivity contribution is 6.06. The van der Waals surface area contributed by atoms with E-state index in [0.717, 1.165) is 5.52 Å². The van der Waals surface area contributed by atoms with Crippen molar-refractivity contribution in [3.63, 3.8) is 0 Å². The lowest BCUT2D eigenvalue weighted by Gasteiger charge is -2.09. The second-order valence-corrected chi connectivity index (χ2v) is 4.87. The van der Waals surface area contributed by atoms with Gasteiger partial charge in [0.15, 0.2) is 0 Å². The Kier molecular flexibility index (Phi) is 3.19. The summed E-state index contributed by atoms with van der Waals surface area (Å²) in [5.41, 5.74) is 1.65. The van der Waals surface area contributed by atoms with Crippen LogP contribution in [0.3, 0.4) is 0 Å². The van der Waals surface area contributed by atoms with E-state index in [0.29, 0.717) is 21.9 Å². The van der Waals surface area contributed by atoms with E-state index in [4.69, 9.17) is 5.11 Å². The van der Waals surface area contributed by atoms with Gasteiger partial charge in [0.1, 0.15) is 0 Å². The number of aliphatic hydroxyl groups is 1. The Morgan fingerprint density at radius 2 is 2.14 bits per heavy atom. The van der Waals surface area contributed by atoms with Crippen LogP contribution in [0.5, 0.6) is 0 Å². The Balaban J connectivity index is 2.08. The molecule has 0 radical (unpaired) electrons. The number of fused-ring (bicyclic) bond motifs is 3. The van der Waals surface area contributed by atoms with Crippen molar-refractivity contribution < 1.29 is 15.0 Å². The van der Waals surface area contributed by atoms with Gasteiger partial charge >= 0.3 is 5.97 Å². The number of nitrogens with zero attached hydrogens (tertiary/aromatic N) is 1. The van der Waals surface area contributed by atoms with Gasteiger partial charge in [-0.15, -0.1) is 0 Å². The molecule has 0 saturated heterocycles. The number of hydrogen-bond acceptors (Lipinski definition) is 4. The molecule has 4 N–H and O–H groups in total. The van der Waals surface area contributed by atoms with Crippen LogP contribution >= 0.6 is 0 Å². The molecule has 0 amide bonds. The molecule has 1 atom stereocenters. The van der Waals surface area contributed by atoms with E-state index < -0.39 is 12.1 Å². The van der Waals surface area contributed by atoms with Crippen LogP contribution in [-0.2, 0) is 4.79 Å². The van der Waals surface area contributed by atoms with E-state index in [1.165, 1.54) is 6.20 Å². The number of benzene rings is 1. The van der Waals surface area contributed by atoms with Gasteiger partial charge in [-0.25, -0.2) is 5.10 Å². The van der Waals surface area contributed by atoms with Crippen LogP contribution in [0.2, 0.25) is 0 Å². The highest BCUT2D eigenvalue weighted by Gasteiger charge is 2.13. The molecule has 2 heterocycles. The Bertz CT molecular complexity index is 881. The highest BCUT2D eigenvalue weighted by atomic mass is 16.4. The molecule has 3 rings (SSSR count). The molecular weight excluding hydrogens is 274 g/mol. The molecule has 7 nitrogen and oxygen atoms in total. The van der Waals surface area contributed by atoms with Crippen molar-refractivity contribution in [3.8, 4) is 0 Å². The van der Waals surface area contributed by atoms with Gasteiger partial charge in [-0.05, 0) is 24.1 Å². The SMILES string of the molecule is O=C(O)CCC(O)c1ccc2[nH]c3cn[nH]c(=O)c3c2c1. The number of aliphatic hydroxyl groups excluding tert-OH is 1. The number of nitrogens with one attached hydrogen (secondary N) is 2. The lowest BCUT2D eigenvalue weighted by Crippen LogP contribution is -2.06. The Labute approximate surface area is 118 Å². The van der Waals surface area contributed by atoms with Crippen molar-refractivity contribution in [1.82, 2.24) is 15.2 Å². The number of carboxylic acid groups (broad SMARTS) is 1. The second kappa shape index (κ2) is 5.02. The van der Waals surface area contributed by atoms with Gasteiger partial charge in [0.2, 0.25) is 0 Å². The quantitative estimate of drug-likeness (QED) is 0.576. The average Bonchev–Trinajstić information content (AvgIpc) is 2.83. The minimum Gasteiger partial charge on any atom is -0.481 e. The summed E-state index contributed by atoms with van der Waals surface area (Å²) in [6.45, 7) is 0. The van der Waals surface area contributed by atoms with Crippen molar-refractivity contribution in [2.24, 2.45) is 0 Å². The van der Waals surface area contributed by atoms with Crippen molar-refractivity contribution in [2.45, 2.75) is 18.9 Å². The standard InChI is InChI=1S/C14H13N3O4/c18-11(3-4-12(19)20)7-1-2-9-8(5-7)13-10(16-9)6-15-17-14(13)21/h1-2,5-6,11,16,18H,3-4H2,(H,17,21)(H,19,20). The van der Waals surface area contributed by atoms with Crippen molar-refractivity contribution in [3.05, 3.63) is 40.3 Å². The molecule has 0 spiro atoms. The summed E-state index contributed by atoms with van der Waals surface area (Å²) in [5, 5.41) is 26.0. The Hall–Kier alpha value is -2.67. The zero-order chi connectivity index (χ0) is 15.0. The van der Waals surface area contributed by atoms with E-state index in [1.807, 2.05) is 0 Å². The van der Waals surface area contributed by atoms with Gasteiger partial charge in [0.05, 0.1) is 23.2 Å². The second-order valence-electron chi connectivity index (χ2n) is 4.87. The van der Waals surface area contributed by atoms with E-state index in [2.05, 4.69) is 15.2 Å². The lowest BCUT2D eigenvalue weighted by atomic mass is 10.0. The summed E-state index contributed by atoms with van der Waals surface area (Å²) in [7, 11) is 0. The fourth-order valence-corrected chi connectivity index (χ4v) is 2.42. The van der Waals surface area contributed by atoms with Crippen LogP contribution in [-0.4, -0.2) is 31.4 Å². The van der Waals surface area contributed by atoms with Gasteiger partial charge < -0.3 is 15.2 Å². The molecule has 0 fully saturated rings. The molecule has 3 aromatic rings. The minimum absolute atomic E-state index is 0.114. The van der Waals surface area contributed by atoms with Crippen molar-refractivity contribution in [2.75, 3.05) is 0 Å². The van der Waals surface area contributed by atoms with E-state index >= 15 is 0 Å². The largest absolute Gasteiger partial charge is 0.481 e. The molecule has 108 valence electrons. The van der Waals surface area contributed by atoms with Crippen LogP contribution in [0.25, 0.3) is 21.8 Å². The third-order valence-corrected chi connectivity index (χ3v) is 3.45. The maximum Gasteiger partial charge on any atom is 0.303 e. The molecule has 0 aliphatic rings. The van der Waals surface area contributed by atoms with Gasteiger partial charge in [0, 0.05) is 17.3 Å². The number of carboxylic acids is 1. The van der Waals surface area contributed by atoms with Crippen LogP contribution < -0.4 is 5.56 Å². The number of rotatable bonds is 4. The van der Waals surface area contributed by atoms with Crippen LogP contribution in [0, 0.1) is 0 Å². The van der Waals surface area contributed by atoms with E-state index in [9.17, 15) is 14.7 Å². The Morgan fingerprint density at radius 3 is 2.90 bits per heavy atom. The summed E-state index contributed by atoms with van der Waals surface area (Å²) >= 11 is 0. The number of aliphatic carboxylic acids is 1. The first kappa shape index (κ1) is 13.3. The topological polar surface area (TPSA) is 119 Å². The summed E-state index contributed by atoms with van der Waals surface area (Å²) in [5.74, 6) is -0.954. The van der Waals surface area contributed by atoms with E-state index in [-0.39, 0.29) is 18.4 Å². The number of hydrogen-bond donors (Lipinski definition) is 4. The summed E-state index contributed by atoms with van der Waals surface area (Å²) in [6, 6.07) is 5.18. The zero-order valence-electron chi connectivity index (χ0n) is 11.0. The van der Waals surface area contributed by atoms with Crippen molar-refractivity contribution in [1.29, 1.82) is 0 Å². The average molecular weight is 287 g/mol. The molecule has 0 saturated carbocycles. The smallest absolute Gasteiger partial charge is 0.303 e. The highest BCUT2D eigenvalue weighted by Crippen LogP contribution is 2.27. The molecule has 0 aliphatic carbocycles. The maximum atomic E-state index is 11.9. The number of H-pyrrole nitrogens is 2. The van der Waals surface area contributed by atoms with Crippen LogP contribution in [0.15, 0.2) is 29.2 Å². The molecule has 0 bridgehead atoms. The Morgan fingerprint density at radius 1 is 1.33 bits per heavy atom. The number of aromatic amines is 2. The third-order valence-electron chi connectivity index (χ3n) is 3.45. The molecule has 1 aromatic carbocycles. The maximum absolute atomic E-state index is 11.9.